The van der Waals surface area contributed by atoms with E-state index in [1.165, 1.54) is 0 Å². The topological polar surface area (TPSA) is 76.5 Å². The van der Waals surface area contributed by atoms with E-state index >= 15 is 0 Å². The lowest BCUT2D eigenvalue weighted by Gasteiger charge is -2.22. The summed E-state index contributed by atoms with van der Waals surface area (Å²) in [5.41, 5.74) is 10.8. The molecule has 8 heteroatoms. The molecular weight excluding hydrogens is 765 g/mol. The minimum Gasteiger partial charge on any atom is -0.492 e. The molecule has 0 unspecified atom stereocenters. The summed E-state index contributed by atoms with van der Waals surface area (Å²) >= 11 is 0. The van der Waals surface area contributed by atoms with Crippen LogP contribution >= 0.6 is 0 Å². The lowest BCUT2D eigenvalue weighted by Crippen LogP contribution is -2.28. The lowest BCUT2D eigenvalue weighted by atomic mass is 9.86. The Bertz CT molecular complexity index is 2280. The van der Waals surface area contributed by atoms with E-state index in [0.717, 1.165) is 80.8 Å². The number of ether oxygens (including phenoxy) is 2. The molecule has 8 nitrogen and oxygen atoms in total. The van der Waals surface area contributed by atoms with Crippen LogP contribution in [0.3, 0.4) is 0 Å². The summed E-state index contributed by atoms with van der Waals surface area (Å²) in [6, 6.07) is 62.3. The normalized spacial score (nSPS) is 11.6. The zero-order valence-electron chi connectivity index (χ0n) is 34.8. The zero-order chi connectivity index (χ0) is 42.0. The second-order valence-corrected chi connectivity index (χ2v) is 14.9. The summed E-state index contributed by atoms with van der Waals surface area (Å²) in [7, 11) is 0. The van der Waals surface area contributed by atoms with Gasteiger partial charge in [-0.05, 0) is 106 Å². The molecule has 0 saturated heterocycles. The van der Waals surface area contributed by atoms with E-state index in [0.29, 0.717) is 39.4 Å². The maximum absolute atomic E-state index is 6.38. The molecule has 4 aromatic carbocycles. The SMILES string of the molecule is c1ccc(/C(=C(/c2ccccc2)c2ccc(OCCN(Cc3ccccn3)Cc3ccccn3)cc2)c2ccc(OCCN(Cc3ccccn3)Cc3ccccn3)cc2)cc1. The van der Waals surface area contributed by atoms with Crippen molar-refractivity contribution in [1.82, 2.24) is 29.7 Å². The summed E-state index contributed by atoms with van der Waals surface area (Å²) in [5.74, 6) is 1.64. The largest absolute Gasteiger partial charge is 0.492 e. The Morgan fingerprint density at radius 3 is 0.903 bits per heavy atom. The van der Waals surface area contributed by atoms with Gasteiger partial charge in [-0.25, -0.2) is 0 Å². The van der Waals surface area contributed by atoms with Crippen LogP contribution in [-0.2, 0) is 26.2 Å². The highest BCUT2D eigenvalue weighted by Crippen LogP contribution is 2.38. The van der Waals surface area contributed by atoms with Crippen molar-refractivity contribution in [3.63, 3.8) is 0 Å². The molecular formula is C54H50N6O2. The first-order valence-electron chi connectivity index (χ1n) is 21.1. The van der Waals surface area contributed by atoms with Crippen LogP contribution in [0.1, 0.15) is 45.0 Å². The van der Waals surface area contributed by atoms with Crippen molar-refractivity contribution >= 4 is 11.1 Å². The van der Waals surface area contributed by atoms with E-state index in [9.17, 15) is 0 Å². The Kier molecular flexibility index (Phi) is 14.6. The summed E-state index contributed by atoms with van der Waals surface area (Å²) in [4.78, 5) is 22.9. The van der Waals surface area contributed by atoms with Crippen LogP contribution in [0.5, 0.6) is 11.5 Å². The van der Waals surface area contributed by atoms with Crippen LogP contribution in [0.15, 0.2) is 207 Å². The van der Waals surface area contributed by atoms with Crippen molar-refractivity contribution in [3.05, 3.63) is 252 Å². The molecule has 0 N–H and O–H groups in total. The molecule has 308 valence electrons. The molecule has 0 saturated carbocycles. The van der Waals surface area contributed by atoms with Gasteiger partial charge in [0.15, 0.2) is 0 Å². The maximum Gasteiger partial charge on any atom is 0.119 e. The van der Waals surface area contributed by atoms with Gasteiger partial charge in [0, 0.05) is 64.1 Å². The van der Waals surface area contributed by atoms with Crippen LogP contribution in [0.25, 0.3) is 11.1 Å². The van der Waals surface area contributed by atoms with Gasteiger partial charge >= 0.3 is 0 Å². The number of rotatable bonds is 20. The quantitative estimate of drug-likeness (QED) is 0.0704. The molecule has 0 aliphatic rings. The van der Waals surface area contributed by atoms with Gasteiger partial charge in [-0.1, -0.05) is 109 Å². The molecule has 8 aromatic rings. The van der Waals surface area contributed by atoms with Crippen molar-refractivity contribution in [2.75, 3.05) is 26.3 Å². The molecule has 0 bridgehead atoms. The van der Waals surface area contributed by atoms with Gasteiger partial charge in [0.1, 0.15) is 24.7 Å². The molecule has 0 amide bonds. The monoisotopic (exact) mass is 814 g/mol. The second kappa shape index (κ2) is 21.8. The Morgan fingerprint density at radius 1 is 0.323 bits per heavy atom. The predicted molar refractivity (Wildman–Crippen MR) is 247 cm³/mol. The van der Waals surface area contributed by atoms with Gasteiger partial charge in [0.25, 0.3) is 0 Å². The molecule has 0 spiro atoms. The summed E-state index contributed by atoms with van der Waals surface area (Å²) in [6.45, 7) is 5.31. The van der Waals surface area contributed by atoms with Crippen LogP contribution in [-0.4, -0.2) is 56.0 Å². The molecule has 0 aliphatic carbocycles. The van der Waals surface area contributed by atoms with Crippen LogP contribution in [0.4, 0.5) is 0 Å². The average molecular weight is 815 g/mol. The number of aromatic nitrogens is 4. The number of nitrogens with zero attached hydrogens (tertiary/aromatic N) is 6. The molecule has 4 heterocycles. The van der Waals surface area contributed by atoms with E-state index < -0.39 is 0 Å². The highest BCUT2D eigenvalue weighted by atomic mass is 16.5. The fourth-order valence-corrected chi connectivity index (χ4v) is 7.45. The van der Waals surface area contributed by atoms with Crippen molar-refractivity contribution in [3.8, 4) is 11.5 Å². The molecule has 0 atom stereocenters. The Balaban J connectivity index is 1.00. The van der Waals surface area contributed by atoms with Crippen molar-refractivity contribution in [2.24, 2.45) is 0 Å². The lowest BCUT2D eigenvalue weighted by molar-refractivity contribution is 0.193. The summed E-state index contributed by atoms with van der Waals surface area (Å²) in [6.07, 6.45) is 7.35. The van der Waals surface area contributed by atoms with Crippen molar-refractivity contribution < 1.29 is 9.47 Å². The van der Waals surface area contributed by atoms with E-state index in [1.807, 2.05) is 73.3 Å². The highest BCUT2D eigenvalue weighted by molar-refractivity contribution is 6.04. The molecule has 0 radical (unpaired) electrons. The standard InChI is InChI=1S/C54H50N6O2/c1-3-15-43(16-4-1)53(45-23-27-51(28-24-45)61-37-35-59(39-47-19-7-11-31-55-47)40-48-20-8-12-32-56-48)54(44-17-5-2-6-18-44)46-25-29-52(30-26-46)62-38-36-60(41-49-21-9-13-33-57-49)42-50-22-10-14-34-58-50/h1-34H,35-42H2/b54-53+. The first kappa shape index (κ1) is 41.5. The van der Waals surface area contributed by atoms with E-state index in [-0.39, 0.29) is 0 Å². The third-order valence-corrected chi connectivity index (χ3v) is 10.5. The average Bonchev–Trinajstić information content (AvgIpc) is 3.33. The van der Waals surface area contributed by atoms with E-state index in [4.69, 9.17) is 9.47 Å². The van der Waals surface area contributed by atoms with Gasteiger partial charge in [0.2, 0.25) is 0 Å². The molecule has 0 fully saturated rings. The molecule has 62 heavy (non-hydrogen) atoms. The van der Waals surface area contributed by atoms with Crippen LogP contribution < -0.4 is 9.47 Å². The third kappa shape index (κ3) is 11.9. The molecule has 4 aromatic heterocycles. The second-order valence-electron chi connectivity index (χ2n) is 14.9. The van der Waals surface area contributed by atoms with Crippen molar-refractivity contribution in [1.29, 1.82) is 0 Å². The Morgan fingerprint density at radius 2 is 0.613 bits per heavy atom. The first-order chi connectivity index (χ1) is 30.7. The minimum absolute atomic E-state index is 0.524. The van der Waals surface area contributed by atoms with Crippen LogP contribution in [0.2, 0.25) is 0 Å². The van der Waals surface area contributed by atoms with E-state index in [1.54, 1.807) is 0 Å². The van der Waals surface area contributed by atoms with Crippen molar-refractivity contribution in [2.45, 2.75) is 26.2 Å². The van der Waals surface area contributed by atoms with Gasteiger partial charge in [-0.2, -0.15) is 0 Å². The summed E-state index contributed by atoms with van der Waals surface area (Å²) in [5, 5.41) is 0. The smallest absolute Gasteiger partial charge is 0.119 e. The third-order valence-electron chi connectivity index (χ3n) is 10.5. The number of hydrogen-bond acceptors (Lipinski definition) is 8. The highest BCUT2D eigenvalue weighted by Gasteiger charge is 2.17. The molecule has 8 rings (SSSR count). The van der Waals surface area contributed by atoms with E-state index in [2.05, 4.69) is 163 Å². The zero-order valence-corrected chi connectivity index (χ0v) is 34.8. The predicted octanol–water partition coefficient (Wildman–Crippen LogP) is 10.4. The van der Waals surface area contributed by atoms with Gasteiger partial charge < -0.3 is 9.47 Å². The fraction of sp³-hybridized carbons (Fsp3) is 0.148. The number of benzene rings is 4. The Labute approximate surface area is 364 Å². The first-order valence-corrected chi connectivity index (χ1v) is 21.1. The Hall–Kier alpha value is -7.26. The maximum atomic E-state index is 6.38. The fourth-order valence-electron chi connectivity index (χ4n) is 7.45. The van der Waals surface area contributed by atoms with Gasteiger partial charge in [-0.3, -0.25) is 29.7 Å². The number of pyridine rings is 4. The number of hydrogen-bond donors (Lipinski definition) is 0. The van der Waals surface area contributed by atoms with Gasteiger partial charge in [-0.15, -0.1) is 0 Å². The molecule has 0 aliphatic heterocycles. The summed E-state index contributed by atoms with van der Waals surface area (Å²) < 4.78 is 12.8. The minimum atomic E-state index is 0.524. The van der Waals surface area contributed by atoms with Crippen LogP contribution in [0, 0.1) is 0 Å². The van der Waals surface area contributed by atoms with Gasteiger partial charge in [0.05, 0.1) is 22.8 Å².